The van der Waals surface area contributed by atoms with Crippen molar-refractivity contribution in [2.45, 2.75) is 51.4 Å². The summed E-state index contributed by atoms with van der Waals surface area (Å²) in [7, 11) is -4.63. The first-order valence-electron chi connectivity index (χ1n) is 11.6. The molecule has 0 N–H and O–H groups in total. The van der Waals surface area contributed by atoms with E-state index in [0.717, 1.165) is 20.8 Å². The monoisotopic (exact) mass is 563 g/mol. The van der Waals surface area contributed by atoms with Gasteiger partial charge in [-0.3, -0.25) is 14.4 Å². The van der Waals surface area contributed by atoms with E-state index >= 15 is 0 Å². The number of carbonyl (C=O) groups is 3. The Morgan fingerprint density at radius 1 is 0.872 bits per heavy atom. The Labute approximate surface area is 223 Å². The molecule has 0 amide bonds. The Balaban J connectivity index is 2.03. The quantitative estimate of drug-likeness (QED) is 0.0958. The lowest BCUT2D eigenvalue weighted by Gasteiger charge is -2.43. The summed E-state index contributed by atoms with van der Waals surface area (Å²) in [6.45, 7) is 2.82. The number of nitrogens with zero attached hydrogens (tertiary/aromatic N) is 3. The summed E-state index contributed by atoms with van der Waals surface area (Å²) >= 11 is 0. The second kappa shape index (κ2) is 13.6. The van der Waals surface area contributed by atoms with Crippen LogP contribution in [0.2, 0.25) is 0 Å². The first-order valence-corrected chi connectivity index (χ1v) is 13.0. The van der Waals surface area contributed by atoms with Crippen molar-refractivity contribution in [2.75, 3.05) is 6.61 Å². The highest BCUT2D eigenvalue weighted by Gasteiger charge is 2.53. The number of benzene rings is 2. The van der Waals surface area contributed by atoms with Gasteiger partial charge in [-0.05, 0) is 29.8 Å². The van der Waals surface area contributed by atoms with Crippen molar-refractivity contribution in [3.63, 3.8) is 0 Å². The van der Waals surface area contributed by atoms with Crippen LogP contribution in [0.3, 0.4) is 0 Å². The van der Waals surface area contributed by atoms with Gasteiger partial charge in [0.1, 0.15) is 30.3 Å². The van der Waals surface area contributed by atoms with Gasteiger partial charge in [-0.15, -0.1) is 0 Å². The number of para-hydroxylation sites is 2. The smallest absolute Gasteiger partial charge is 0.463 e. The second-order valence-electron chi connectivity index (χ2n) is 8.05. The van der Waals surface area contributed by atoms with Crippen LogP contribution >= 0.6 is 7.82 Å². The number of ether oxygens (including phenoxy) is 4. The van der Waals surface area contributed by atoms with Crippen LogP contribution in [0.4, 0.5) is 0 Å². The molecule has 0 saturated carbocycles. The van der Waals surface area contributed by atoms with Crippen LogP contribution in [0, 0.1) is 0 Å². The summed E-state index contributed by atoms with van der Waals surface area (Å²) in [6.07, 6.45) is -5.95. The molecule has 1 aliphatic rings. The Bertz CT molecular complexity index is 1190. The fourth-order valence-corrected chi connectivity index (χ4v) is 4.88. The second-order valence-corrected chi connectivity index (χ2v) is 9.52. The third kappa shape index (κ3) is 8.72. The van der Waals surface area contributed by atoms with Crippen molar-refractivity contribution < 1.29 is 51.5 Å². The summed E-state index contributed by atoms with van der Waals surface area (Å²) in [5.74, 6) is -2.09. The fraction of sp³-hybridized carbons (Fsp3) is 0.375. The van der Waals surface area contributed by atoms with Gasteiger partial charge in [0.05, 0.1) is 0 Å². The molecule has 2 aromatic carbocycles. The van der Waals surface area contributed by atoms with Gasteiger partial charge < -0.3 is 28.0 Å². The first-order chi connectivity index (χ1) is 18.6. The highest BCUT2D eigenvalue weighted by molar-refractivity contribution is 7.49. The highest BCUT2D eigenvalue weighted by atomic mass is 31.2. The topological polar surface area (TPSA) is 182 Å². The lowest BCUT2D eigenvalue weighted by Crippen LogP contribution is -2.61. The molecular formula is C24H26N3O11P. The molecule has 1 saturated heterocycles. The highest BCUT2D eigenvalue weighted by Crippen LogP contribution is 2.52. The average molecular weight is 563 g/mol. The van der Waals surface area contributed by atoms with Crippen LogP contribution in [0.25, 0.3) is 10.4 Å². The standard InChI is InChI=1S/C24H26N3O11P/c1-15(28)32-14-20-22(33-16(2)29)23(34-17(3)30)21(26-27-25)24(35-20)38-39(31,36-18-10-6-4-7-11-18)37-19-12-8-5-9-13-19/h4-13,20-24H,14H2,1-3H3/t20-,21-,22+,23-,24+/m1/s1. The van der Waals surface area contributed by atoms with E-state index in [1.54, 1.807) is 36.4 Å². The SMILES string of the molecule is CC(=O)OC[C@H]1O[C@@H](OP(=O)(Oc2ccccc2)Oc2ccccc2)[C@H](N=[N+]=[N-])[C@@H](OC(C)=O)[C@H]1OC(C)=O. The summed E-state index contributed by atoms with van der Waals surface area (Å²) in [5.41, 5.74) is 9.27. The zero-order chi connectivity index (χ0) is 28.4. The van der Waals surface area contributed by atoms with E-state index in [1.807, 2.05) is 0 Å². The molecular weight excluding hydrogens is 537 g/mol. The van der Waals surface area contributed by atoms with Gasteiger partial charge in [-0.2, -0.15) is 0 Å². The summed E-state index contributed by atoms with van der Waals surface area (Å²) in [6, 6.07) is 14.3. The number of azide groups is 1. The number of hydrogen-bond donors (Lipinski definition) is 0. The molecule has 2 aromatic rings. The Kier molecular flexibility index (Phi) is 10.3. The van der Waals surface area contributed by atoms with Gasteiger partial charge in [0.15, 0.2) is 18.5 Å². The Hall–Kier alpha value is -4.09. The molecule has 14 nitrogen and oxygen atoms in total. The van der Waals surface area contributed by atoms with E-state index < -0.39 is 63.0 Å². The molecule has 0 aromatic heterocycles. The van der Waals surface area contributed by atoms with Crippen LogP contribution in [-0.2, 0) is 42.4 Å². The van der Waals surface area contributed by atoms with Crippen LogP contribution in [-0.4, -0.2) is 55.2 Å². The normalized spacial score (nSPS) is 22.5. The van der Waals surface area contributed by atoms with Crippen LogP contribution < -0.4 is 9.05 Å². The number of esters is 3. The van der Waals surface area contributed by atoms with Crippen molar-refractivity contribution in [2.24, 2.45) is 5.11 Å². The molecule has 0 radical (unpaired) electrons. The van der Waals surface area contributed by atoms with E-state index in [0.29, 0.717) is 0 Å². The molecule has 208 valence electrons. The van der Waals surface area contributed by atoms with Crippen LogP contribution in [0.5, 0.6) is 11.5 Å². The van der Waals surface area contributed by atoms with Gasteiger partial charge in [-0.25, -0.2) is 9.09 Å². The van der Waals surface area contributed by atoms with Crippen molar-refractivity contribution in [3.05, 3.63) is 71.1 Å². The van der Waals surface area contributed by atoms with Gasteiger partial charge in [0.25, 0.3) is 0 Å². The fourth-order valence-electron chi connectivity index (χ4n) is 3.56. The number of carbonyl (C=O) groups excluding carboxylic acids is 3. The minimum Gasteiger partial charge on any atom is -0.463 e. The molecule has 3 rings (SSSR count). The molecule has 1 heterocycles. The van der Waals surface area contributed by atoms with E-state index in [2.05, 4.69) is 10.0 Å². The zero-order valence-electron chi connectivity index (χ0n) is 21.1. The van der Waals surface area contributed by atoms with Gasteiger partial charge in [0, 0.05) is 25.7 Å². The number of phosphoric acid groups is 1. The minimum atomic E-state index is -4.63. The molecule has 0 unspecified atom stereocenters. The maximum atomic E-state index is 14.0. The Morgan fingerprint density at radius 3 is 1.85 bits per heavy atom. The van der Waals surface area contributed by atoms with Crippen molar-refractivity contribution in [1.29, 1.82) is 0 Å². The predicted molar refractivity (Wildman–Crippen MR) is 132 cm³/mol. The van der Waals surface area contributed by atoms with Crippen molar-refractivity contribution in [3.8, 4) is 11.5 Å². The number of rotatable bonds is 11. The van der Waals surface area contributed by atoms with Crippen molar-refractivity contribution in [1.82, 2.24) is 0 Å². The summed E-state index contributed by atoms with van der Waals surface area (Å²) in [5, 5.41) is 3.61. The number of hydrogen-bond acceptors (Lipinski definition) is 12. The minimum absolute atomic E-state index is 0.110. The van der Waals surface area contributed by atoms with Crippen LogP contribution in [0.15, 0.2) is 65.8 Å². The lowest BCUT2D eigenvalue weighted by molar-refractivity contribution is -0.255. The Morgan fingerprint density at radius 2 is 1.38 bits per heavy atom. The summed E-state index contributed by atoms with van der Waals surface area (Å²) < 4.78 is 52.4. The molecule has 5 atom stereocenters. The predicted octanol–water partition coefficient (Wildman–Crippen LogP) is 4.10. The molecule has 15 heteroatoms. The van der Waals surface area contributed by atoms with Crippen LogP contribution in [0.1, 0.15) is 20.8 Å². The van der Waals surface area contributed by atoms with E-state index in [-0.39, 0.29) is 11.5 Å². The largest absolute Gasteiger partial charge is 0.589 e. The maximum absolute atomic E-state index is 14.0. The molecule has 1 aliphatic heterocycles. The third-order valence-corrected chi connectivity index (χ3v) is 6.34. The summed E-state index contributed by atoms with van der Waals surface area (Å²) in [4.78, 5) is 38.1. The third-order valence-electron chi connectivity index (χ3n) is 5.01. The molecule has 0 spiro atoms. The molecule has 0 bridgehead atoms. The average Bonchev–Trinajstić information content (AvgIpc) is 2.87. The molecule has 0 aliphatic carbocycles. The lowest BCUT2D eigenvalue weighted by atomic mass is 9.97. The molecule has 1 fully saturated rings. The maximum Gasteiger partial charge on any atom is 0.589 e. The van der Waals surface area contributed by atoms with E-state index in [4.69, 9.17) is 32.5 Å². The molecule has 39 heavy (non-hydrogen) atoms. The van der Waals surface area contributed by atoms with E-state index in [9.17, 15) is 24.5 Å². The van der Waals surface area contributed by atoms with Gasteiger partial charge in [0.2, 0.25) is 0 Å². The van der Waals surface area contributed by atoms with Gasteiger partial charge in [-0.1, -0.05) is 41.5 Å². The number of phosphoric ester groups is 1. The van der Waals surface area contributed by atoms with Crippen molar-refractivity contribution >= 4 is 25.7 Å². The van der Waals surface area contributed by atoms with Gasteiger partial charge >= 0.3 is 25.7 Å². The zero-order valence-corrected chi connectivity index (χ0v) is 22.0. The van der Waals surface area contributed by atoms with E-state index in [1.165, 1.54) is 24.3 Å². The first kappa shape index (κ1) is 29.5.